The first-order chi connectivity index (χ1) is 13.0. The summed E-state index contributed by atoms with van der Waals surface area (Å²) in [4.78, 5) is 23.5. The first-order valence-electron chi connectivity index (χ1n) is 7.96. The summed E-state index contributed by atoms with van der Waals surface area (Å²) in [6, 6.07) is 16.2. The van der Waals surface area contributed by atoms with Crippen molar-refractivity contribution in [1.82, 2.24) is 4.57 Å². The Morgan fingerprint density at radius 1 is 1.19 bits per heavy atom. The van der Waals surface area contributed by atoms with Crippen molar-refractivity contribution in [2.75, 3.05) is 5.32 Å². The number of para-hydroxylation sites is 1. The SMILES string of the molecule is N#CC(=Cc1cn(CC(=O)O)c2ccccc12)C(=O)Nc1ccc(Br)cc1. The van der Waals surface area contributed by atoms with Crippen molar-refractivity contribution in [2.45, 2.75) is 6.54 Å². The van der Waals surface area contributed by atoms with Crippen molar-refractivity contribution in [3.05, 3.63) is 70.3 Å². The van der Waals surface area contributed by atoms with Crippen LogP contribution in [0.3, 0.4) is 0 Å². The highest BCUT2D eigenvalue weighted by Crippen LogP contribution is 2.24. The fourth-order valence-electron chi connectivity index (χ4n) is 2.70. The van der Waals surface area contributed by atoms with Gasteiger partial charge in [0.05, 0.1) is 0 Å². The summed E-state index contributed by atoms with van der Waals surface area (Å²) >= 11 is 3.32. The molecule has 0 unspecified atom stereocenters. The maximum Gasteiger partial charge on any atom is 0.323 e. The van der Waals surface area contributed by atoms with Crippen LogP contribution in [-0.4, -0.2) is 21.6 Å². The second-order valence-electron chi connectivity index (χ2n) is 5.75. The normalized spacial score (nSPS) is 11.2. The molecule has 2 N–H and O–H groups in total. The zero-order valence-corrected chi connectivity index (χ0v) is 15.6. The summed E-state index contributed by atoms with van der Waals surface area (Å²) in [5, 5.41) is 21.9. The molecule has 27 heavy (non-hydrogen) atoms. The third-order valence-electron chi connectivity index (χ3n) is 3.89. The van der Waals surface area contributed by atoms with E-state index in [0.29, 0.717) is 11.3 Å². The van der Waals surface area contributed by atoms with Gasteiger partial charge in [-0.1, -0.05) is 34.1 Å². The average molecular weight is 424 g/mol. The molecule has 0 radical (unpaired) electrons. The number of carboxylic acid groups (broad SMARTS) is 1. The highest BCUT2D eigenvalue weighted by molar-refractivity contribution is 9.10. The zero-order chi connectivity index (χ0) is 19.4. The molecule has 0 aliphatic rings. The number of benzene rings is 2. The molecule has 7 heteroatoms. The number of anilines is 1. The van der Waals surface area contributed by atoms with Gasteiger partial charge in [-0.2, -0.15) is 5.26 Å². The fourth-order valence-corrected chi connectivity index (χ4v) is 2.97. The third-order valence-corrected chi connectivity index (χ3v) is 4.42. The highest BCUT2D eigenvalue weighted by atomic mass is 79.9. The van der Waals surface area contributed by atoms with Crippen LogP contribution in [0.1, 0.15) is 5.56 Å². The number of aliphatic carboxylic acids is 1. The lowest BCUT2D eigenvalue weighted by atomic mass is 10.1. The molecular weight excluding hydrogens is 410 g/mol. The average Bonchev–Trinajstić information content (AvgIpc) is 2.98. The molecule has 3 aromatic rings. The van der Waals surface area contributed by atoms with Crippen LogP contribution in [0.25, 0.3) is 17.0 Å². The van der Waals surface area contributed by atoms with Crippen LogP contribution in [0.15, 0.2) is 64.8 Å². The van der Waals surface area contributed by atoms with Crippen LogP contribution in [0.5, 0.6) is 0 Å². The maximum absolute atomic E-state index is 12.4. The Morgan fingerprint density at radius 2 is 1.89 bits per heavy atom. The number of fused-ring (bicyclic) bond motifs is 1. The zero-order valence-electron chi connectivity index (χ0n) is 14.0. The molecule has 134 valence electrons. The molecule has 1 heterocycles. The van der Waals surface area contributed by atoms with Crippen molar-refractivity contribution in [3.8, 4) is 6.07 Å². The molecule has 3 rings (SSSR count). The fraction of sp³-hybridized carbons (Fsp3) is 0.0500. The van der Waals surface area contributed by atoms with Gasteiger partial charge in [-0.3, -0.25) is 9.59 Å². The molecule has 0 atom stereocenters. The first kappa shape index (κ1) is 18.4. The summed E-state index contributed by atoms with van der Waals surface area (Å²) in [5.41, 5.74) is 1.82. The molecule has 0 fully saturated rings. The number of amides is 1. The number of nitrogens with zero attached hydrogens (tertiary/aromatic N) is 2. The highest BCUT2D eigenvalue weighted by Gasteiger charge is 2.13. The first-order valence-corrected chi connectivity index (χ1v) is 8.75. The number of aromatic nitrogens is 1. The number of rotatable bonds is 5. The van der Waals surface area contributed by atoms with Crippen LogP contribution >= 0.6 is 15.9 Å². The third kappa shape index (κ3) is 4.25. The van der Waals surface area contributed by atoms with Gasteiger partial charge < -0.3 is 15.0 Å². The van der Waals surface area contributed by atoms with E-state index in [1.807, 2.05) is 18.2 Å². The maximum atomic E-state index is 12.4. The summed E-state index contributed by atoms with van der Waals surface area (Å²) in [7, 11) is 0. The number of hydrogen-bond acceptors (Lipinski definition) is 3. The summed E-state index contributed by atoms with van der Waals surface area (Å²) in [6.45, 7) is -0.207. The van der Waals surface area contributed by atoms with E-state index in [2.05, 4.69) is 21.2 Å². The van der Waals surface area contributed by atoms with Gasteiger partial charge in [-0.15, -0.1) is 0 Å². The van der Waals surface area contributed by atoms with E-state index in [1.54, 1.807) is 47.2 Å². The van der Waals surface area contributed by atoms with Crippen molar-refractivity contribution >= 4 is 50.5 Å². The quantitative estimate of drug-likeness (QED) is 0.478. The van der Waals surface area contributed by atoms with Crippen LogP contribution < -0.4 is 5.32 Å². The minimum absolute atomic E-state index is 0.0730. The van der Waals surface area contributed by atoms with Crippen LogP contribution in [-0.2, 0) is 16.1 Å². The van der Waals surface area contributed by atoms with E-state index in [0.717, 1.165) is 15.4 Å². The lowest BCUT2D eigenvalue weighted by Gasteiger charge is -2.04. The number of carbonyl (C=O) groups excluding carboxylic acids is 1. The van der Waals surface area contributed by atoms with Gasteiger partial charge in [0.2, 0.25) is 0 Å². The monoisotopic (exact) mass is 423 g/mol. The second kappa shape index (κ2) is 7.89. The molecule has 0 spiro atoms. The smallest absolute Gasteiger partial charge is 0.323 e. The molecule has 2 aromatic carbocycles. The molecule has 0 saturated heterocycles. The van der Waals surface area contributed by atoms with E-state index in [9.17, 15) is 14.9 Å². The lowest BCUT2D eigenvalue weighted by Crippen LogP contribution is -2.13. The lowest BCUT2D eigenvalue weighted by molar-refractivity contribution is -0.137. The van der Waals surface area contributed by atoms with Gasteiger partial charge in [0.25, 0.3) is 5.91 Å². The van der Waals surface area contributed by atoms with E-state index >= 15 is 0 Å². The second-order valence-corrected chi connectivity index (χ2v) is 6.67. The van der Waals surface area contributed by atoms with E-state index in [-0.39, 0.29) is 12.1 Å². The molecule has 0 bridgehead atoms. The molecular formula is C20H14BrN3O3. The Morgan fingerprint density at radius 3 is 2.56 bits per heavy atom. The van der Waals surface area contributed by atoms with Gasteiger partial charge in [0.1, 0.15) is 18.2 Å². The van der Waals surface area contributed by atoms with E-state index in [1.165, 1.54) is 6.08 Å². The van der Waals surface area contributed by atoms with Crippen molar-refractivity contribution < 1.29 is 14.7 Å². The Bertz CT molecular complexity index is 1090. The summed E-state index contributed by atoms with van der Waals surface area (Å²) < 4.78 is 2.45. The Balaban J connectivity index is 1.95. The topological polar surface area (TPSA) is 95.1 Å². The van der Waals surface area contributed by atoms with E-state index in [4.69, 9.17) is 5.11 Å². The predicted octanol–water partition coefficient (Wildman–Crippen LogP) is 4.03. The van der Waals surface area contributed by atoms with Gasteiger partial charge in [0, 0.05) is 32.8 Å². The van der Waals surface area contributed by atoms with Crippen LogP contribution in [0, 0.1) is 11.3 Å². The molecule has 1 aromatic heterocycles. The summed E-state index contributed by atoms with van der Waals surface area (Å²) in [5.74, 6) is -1.50. The Labute approximate surface area is 163 Å². The van der Waals surface area contributed by atoms with Gasteiger partial charge in [-0.25, -0.2) is 0 Å². The Kier molecular flexibility index (Phi) is 5.38. The van der Waals surface area contributed by atoms with Crippen LogP contribution in [0.2, 0.25) is 0 Å². The number of halogens is 1. The minimum Gasteiger partial charge on any atom is -0.480 e. The summed E-state index contributed by atoms with van der Waals surface area (Å²) in [6.07, 6.45) is 3.10. The standard InChI is InChI=1S/C20H14BrN3O3/c21-15-5-7-16(8-6-15)23-20(27)13(10-22)9-14-11-24(12-19(25)26)18-4-2-1-3-17(14)18/h1-9,11H,12H2,(H,23,27)(H,25,26). The van der Waals surface area contributed by atoms with E-state index < -0.39 is 11.9 Å². The predicted molar refractivity (Wildman–Crippen MR) is 106 cm³/mol. The number of nitriles is 1. The van der Waals surface area contributed by atoms with Gasteiger partial charge in [-0.05, 0) is 36.4 Å². The van der Waals surface area contributed by atoms with Gasteiger partial charge in [0.15, 0.2) is 0 Å². The van der Waals surface area contributed by atoms with Gasteiger partial charge >= 0.3 is 5.97 Å². The number of hydrogen-bond donors (Lipinski definition) is 2. The molecule has 1 amide bonds. The molecule has 0 aliphatic heterocycles. The molecule has 6 nitrogen and oxygen atoms in total. The molecule has 0 aliphatic carbocycles. The number of nitrogens with one attached hydrogen (secondary N) is 1. The Hall–Kier alpha value is -3.37. The van der Waals surface area contributed by atoms with Crippen molar-refractivity contribution in [2.24, 2.45) is 0 Å². The van der Waals surface area contributed by atoms with Crippen molar-refractivity contribution in [3.63, 3.8) is 0 Å². The molecule has 0 saturated carbocycles. The van der Waals surface area contributed by atoms with Crippen molar-refractivity contribution in [1.29, 1.82) is 5.26 Å². The number of carbonyl (C=O) groups is 2. The van der Waals surface area contributed by atoms with Crippen LogP contribution in [0.4, 0.5) is 5.69 Å². The minimum atomic E-state index is -0.972. The number of carboxylic acids is 1. The largest absolute Gasteiger partial charge is 0.480 e.